The molecule has 0 unspecified atom stereocenters. The minimum absolute atomic E-state index is 0.0196. The van der Waals surface area contributed by atoms with Crippen LogP contribution >= 0.6 is 0 Å². The molecule has 168 valence electrons. The highest BCUT2D eigenvalue weighted by molar-refractivity contribution is 6.13. The fourth-order valence-electron chi connectivity index (χ4n) is 6.34. The Morgan fingerprint density at radius 2 is 1.21 bits per heavy atom. The van der Waals surface area contributed by atoms with Gasteiger partial charge in [-0.2, -0.15) is 10.2 Å². The van der Waals surface area contributed by atoms with Gasteiger partial charge in [0.05, 0.1) is 37.3 Å². The maximum atomic E-state index is 5.00. The molecular formula is C29H27N5. The van der Waals surface area contributed by atoms with E-state index in [1.165, 1.54) is 27.1 Å². The molecule has 4 aromatic rings. The molecule has 0 amide bonds. The molecule has 0 aromatic heterocycles. The molecule has 4 aliphatic heterocycles. The maximum Gasteiger partial charge on any atom is 0.0802 e. The normalized spacial score (nSPS) is 28.4. The molecule has 0 atom stereocenters. The summed E-state index contributed by atoms with van der Waals surface area (Å²) >= 11 is 0. The first-order valence-electron chi connectivity index (χ1n) is 12.0. The van der Waals surface area contributed by atoms with Gasteiger partial charge in [-0.3, -0.25) is 14.7 Å². The van der Waals surface area contributed by atoms with Crippen LogP contribution in [0.4, 0.5) is 0 Å². The zero-order valence-corrected chi connectivity index (χ0v) is 19.1. The van der Waals surface area contributed by atoms with E-state index in [2.05, 4.69) is 99.6 Å². The van der Waals surface area contributed by atoms with Crippen LogP contribution in [0, 0.1) is 5.41 Å². The van der Waals surface area contributed by atoms with Gasteiger partial charge in [-0.15, -0.1) is 0 Å². The van der Waals surface area contributed by atoms with Gasteiger partial charge in [0.1, 0.15) is 0 Å². The van der Waals surface area contributed by atoms with Gasteiger partial charge in [0, 0.05) is 25.2 Å². The number of hydrogen-bond acceptors (Lipinski definition) is 5. The lowest BCUT2D eigenvalue weighted by Gasteiger charge is -2.60. The lowest BCUT2D eigenvalue weighted by molar-refractivity contribution is -0.149. The topological polar surface area (TPSA) is 34.4 Å². The van der Waals surface area contributed by atoms with E-state index in [0.717, 1.165) is 50.9 Å². The van der Waals surface area contributed by atoms with Crippen LogP contribution in [0.25, 0.3) is 21.5 Å². The summed E-state index contributed by atoms with van der Waals surface area (Å²) in [5, 5.41) is 14.7. The minimum atomic E-state index is -0.0196. The Labute approximate surface area is 199 Å². The summed E-state index contributed by atoms with van der Waals surface area (Å²) in [7, 11) is 0. The molecule has 5 nitrogen and oxygen atoms in total. The summed E-state index contributed by atoms with van der Waals surface area (Å²) < 4.78 is 0. The molecule has 4 saturated heterocycles. The molecule has 4 aliphatic rings. The summed E-state index contributed by atoms with van der Waals surface area (Å²) in [4.78, 5) is 7.62. The number of hydrogen-bond donors (Lipinski definition) is 0. The maximum absolute atomic E-state index is 5.00. The second kappa shape index (κ2) is 7.84. The van der Waals surface area contributed by atoms with Crippen molar-refractivity contribution in [3.05, 3.63) is 96.1 Å². The van der Waals surface area contributed by atoms with E-state index < -0.39 is 0 Å². The van der Waals surface area contributed by atoms with E-state index in [-0.39, 0.29) is 5.41 Å². The van der Waals surface area contributed by atoms with Crippen LogP contribution in [0.2, 0.25) is 0 Å². The second-order valence-corrected chi connectivity index (χ2v) is 9.98. The average molecular weight is 446 g/mol. The monoisotopic (exact) mass is 445 g/mol. The predicted molar refractivity (Wildman–Crippen MR) is 139 cm³/mol. The van der Waals surface area contributed by atoms with E-state index >= 15 is 0 Å². The third-order valence-electron chi connectivity index (χ3n) is 7.49. The van der Waals surface area contributed by atoms with Crippen molar-refractivity contribution in [2.24, 2.45) is 15.6 Å². The van der Waals surface area contributed by atoms with E-state index in [1.807, 2.05) is 6.21 Å². The zero-order valence-electron chi connectivity index (χ0n) is 19.1. The third-order valence-corrected chi connectivity index (χ3v) is 7.49. The first-order chi connectivity index (χ1) is 16.8. The minimum Gasteiger partial charge on any atom is -0.276 e. The summed E-state index contributed by atoms with van der Waals surface area (Å²) in [6.45, 7) is 6.31. The number of fused-ring (bicyclic) bond motifs is 2. The molecule has 0 aliphatic carbocycles. The lowest BCUT2D eigenvalue weighted by Crippen LogP contribution is -2.74. The highest BCUT2D eigenvalue weighted by Crippen LogP contribution is 2.38. The van der Waals surface area contributed by atoms with Gasteiger partial charge in [-0.1, -0.05) is 78.9 Å². The van der Waals surface area contributed by atoms with E-state index in [1.54, 1.807) is 0 Å². The molecule has 34 heavy (non-hydrogen) atoms. The van der Waals surface area contributed by atoms with Crippen LogP contribution in [0.1, 0.15) is 11.1 Å². The van der Waals surface area contributed by atoms with E-state index in [4.69, 9.17) is 10.2 Å². The largest absolute Gasteiger partial charge is 0.276 e. The molecular weight excluding hydrogens is 418 g/mol. The SMILES string of the molecule is C(=N/N=C(\c1ccccc1)C12CN3CN(CN(C3)C1)C2)/c1c2ccccc2cc2ccccc12. The first-order valence-corrected chi connectivity index (χ1v) is 12.0. The van der Waals surface area contributed by atoms with E-state index in [9.17, 15) is 0 Å². The van der Waals surface area contributed by atoms with Crippen LogP contribution in [-0.2, 0) is 0 Å². The first kappa shape index (κ1) is 20.0. The van der Waals surface area contributed by atoms with Crippen LogP contribution < -0.4 is 0 Å². The highest BCUT2D eigenvalue weighted by atomic mass is 15.5. The summed E-state index contributed by atoms with van der Waals surface area (Å²) in [5.41, 5.74) is 3.39. The van der Waals surface area contributed by atoms with Crippen molar-refractivity contribution >= 4 is 33.5 Å². The van der Waals surface area contributed by atoms with Gasteiger partial charge in [0.2, 0.25) is 0 Å². The van der Waals surface area contributed by atoms with Crippen molar-refractivity contribution in [2.45, 2.75) is 0 Å². The second-order valence-electron chi connectivity index (χ2n) is 9.98. The molecule has 4 heterocycles. The van der Waals surface area contributed by atoms with Gasteiger partial charge in [-0.25, -0.2) is 0 Å². The van der Waals surface area contributed by atoms with Crippen molar-refractivity contribution in [3.8, 4) is 0 Å². The van der Waals surface area contributed by atoms with Crippen molar-refractivity contribution in [2.75, 3.05) is 39.6 Å². The quantitative estimate of drug-likeness (QED) is 0.261. The standard InChI is InChI=1S/C29H27N5/c1-2-8-22(9-3-1)28(29-16-32-19-33(17-29)21-34(18-29)20-32)31-30-15-27-25-12-6-4-10-23(25)14-24-11-5-7-13-26(24)27/h1-15H,16-21H2/b30-15-,31-28+. The molecule has 4 bridgehead atoms. The molecule has 0 saturated carbocycles. The van der Waals surface area contributed by atoms with E-state index in [0.29, 0.717) is 0 Å². The third kappa shape index (κ3) is 3.28. The van der Waals surface area contributed by atoms with Crippen LogP contribution in [0.5, 0.6) is 0 Å². The molecule has 0 spiro atoms. The molecule has 4 aromatic carbocycles. The Bertz CT molecular complexity index is 1350. The van der Waals surface area contributed by atoms with Crippen molar-refractivity contribution in [1.82, 2.24) is 14.7 Å². The summed E-state index contributed by atoms with van der Waals surface area (Å²) in [6.07, 6.45) is 1.97. The summed E-state index contributed by atoms with van der Waals surface area (Å²) in [5.74, 6) is 0. The number of rotatable bonds is 4. The summed E-state index contributed by atoms with van der Waals surface area (Å²) in [6, 6.07) is 30.0. The van der Waals surface area contributed by atoms with Crippen LogP contribution in [0.15, 0.2) is 95.1 Å². The number of nitrogens with zero attached hydrogens (tertiary/aromatic N) is 5. The molecule has 8 rings (SSSR count). The Morgan fingerprint density at radius 3 is 1.79 bits per heavy atom. The molecule has 5 heteroatoms. The van der Waals surface area contributed by atoms with Gasteiger partial charge < -0.3 is 0 Å². The molecule has 0 radical (unpaired) electrons. The molecule has 0 N–H and O–H groups in total. The predicted octanol–water partition coefficient (Wildman–Crippen LogP) is 4.62. The van der Waals surface area contributed by atoms with Crippen molar-refractivity contribution in [1.29, 1.82) is 0 Å². The van der Waals surface area contributed by atoms with Crippen molar-refractivity contribution in [3.63, 3.8) is 0 Å². The molecule has 4 fully saturated rings. The lowest BCUT2D eigenvalue weighted by atomic mass is 9.74. The van der Waals surface area contributed by atoms with Crippen LogP contribution in [-0.4, -0.2) is 66.3 Å². The zero-order chi connectivity index (χ0) is 22.5. The Morgan fingerprint density at radius 1 is 0.676 bits per heavy atom. The smallest absolute Gasteiger partial charge is 0.0802 e. The Balaban J connectivity index is 1.36. The Hall–Kier alpha value is -3.38. The Kier molecular flexibility index (Phi) is 4.62. The van der Waals surface area contributed by atoms with Crippen LogP contribution in [0.3, 0.4) is 0 Å². The fraction of sp³-hybridized carbons (Fsp3) is 0.241. The van der Waals surface area contributed by atoms with Gasteiger partial charge in [0.15, 0.2) is 0 Å². The average Bonchev–Trinajstić information content (AvgIpc) is 2.85. The van der Waals surface area contributed by atoms with Gasteiger partial charge in [0.25, 0.3) is 0 Å². The fourth-order valence-corrected chi connectivity index (χ4v) is 6.34. The number of benzene rings is 4. The van der Waals surface area contributed by atoms with Gasteiger partial charge in [-0.05, 0) is 33.2 Å². The highest BCUT2D eigenvalue weighted by Gasteiger charge is 2.51. The van der Waals surface area contributed by atoms with Gasteiger partial charge >= 0.3 is 0 Å². The van der Waals surface area contributed by atoms with Crippen molar-refractivity contribution < 1.29 is 0 Å².